The smallest absolute Gasteiger partial charge is 0.241 e. The van der Waals surface area contributed by atoms with Gasteiger partial charge in [0.1, 0.15) is 11.5 Å². The largest absolute Gasteiger partial charge is 0.497 e. The molecule has 31 heavy (non-hydrogen) atoms. The summed E-state index contributed by atoms with van der Waals surface area (Å²) in [6.07, 6.45) is 2.43. The van der Waals surface area contributed by atoms with Crippen LogP contribution in [0, 0.1) is 0 Å². The van der Waals surface area contributed by atoms with Gasteiger partial charge < -0.3 is 14.2 Å². The standard InChI is InChI=1S/C21H30N4O5S/c1-3-4-5-14-31(27,28)16-20(26)25-12-10-24(11-13-25)15-19-22-21(23-30-19)17-6-8-18(29-2)9-7-17/h6-9H,3-5,10-16H2,1-2H3. The van der Waals surface area contributed by atoms with E-state index in [2.05, 4.69) is 15.0 Å². The maximum Gasteiger partial charge on any atom is 0.241 e. The summed E-state index contributed by atoms with van der Waals surface area (Å²) in [4.78, 5) is 20.6. The highest BCUT2D eigenvalue weighted by Gasteiger charge is 2.26. The zero-order valence-corrected chi connectivity index (χ0v) is 18.9. The number of carbonyl (C=O) groups is 1. The van der Waals surface area contributed by atoms with Crippen molar-refractivity contribution in [2.45, 2.75) is 32.7 Å². The Kier molecular flexibility index (Phi) is 8.03. The Morgan fingerprint density at radius 1 is 1.13 bits per heavy atom. The predicted molar refractivity (Wildman–Crippen MR) is 116 cm³/mol. The number of piperazine rings is 1. The summed E-state index contributed by atoms with van der Waals surface area (Å²) in [5, 5.41) is 4.04. The Morgan fingerprint density at radius 3 is 2.48 bits per heavy atom. The van der Waals surface area contributed by atoms with Crippen molar-refractivity contribution in [1.29, 1.82) is 0 Å². The Balaban J connectivity index is 1.47. The molecule has 0 bridgehead atoms. The molecule has 9 nitrogen and oxygen atoms in total. The lowest BCUT2D eigenvalue weighted by molar-refractivity contribution is -0.130. The second-order valence-electron chi connectivity index (χ2n) is 7.70. The van der Waals surface area contributed by atoms with E-state index < -0.39 is 15.6 Å². The number of hydrogen-bond acceptors (Lipinski definition) is 8. The Bertz CT molecular complexity index is 950. The van der Waals surface area contributed by atoms with Gasteiger partial charge in [-0.25, -0.2) is 8.42 Å². The fourth-order valence-electron chi connectivity index (χ4n) is 3.45. The molecule has 0 spiro atoms. The number of carbonyl (C=O) groups excluding carboxylic acids is 1. The van der Waals surface area contributed by atoms with Crippen LogP contribution in [0.2, 0.25) is 0 Å². The number of ether oxygens (including phenoxy) is 1. The molecular formula is C21H30N4O5S. The third kappa shape index (κ3) is 6.76. The van der Waals surface area contributed by atoms with Crippen molar-refractivity contribution in [3.8, 4) is 17.1 Å². The van der Waals surface area contributed by atoms with Crippen molar-refractivity contribution >= 4 is 15.7 Å². The van der Waals surface area contributed by atoms with Crippen LogP contribution in [0.1, 0.15) is 32.1 Å². The second kappa shape index (κ2) is 10.7. The zero-order valence-electron chi connectivity index (χ0n) is 18.1. The third-order valence-electron chi connectivity index (χ3n) is 5.30. The van der Waals surface area contributed by atoms with Crippen molar-refractivity contribution in [2.24, 2.45) is 0 Å². The van der Waals surface area contributed by atoms with Gasteiger partial charge in [-0.05, 0) is 30.7 Å². The number of rotatable bonds is 10. The number of hydrogen-bond donors (Lipinski definition) is 0. The number of amides is 1. The molecule has 2 aromatic rings. The first-order valence-corrected chi connectivity index (χ1v) is 12.4. The first kappa shape index (κ1) is 23.2. The molecule has 1 aromatic carbocycles. The van der Waals surface area contributed by atoms with Crippen molar-refractivity contribution in [3.63, 3.8) is 0 Å². The minimum absolute atomic E-state index is 0.0836. The average molecular weight is 451 g/mol. The summed E-state index contributed by atoms with van der Waals surface area (Å²) in [5.41, 5.74) is 0.839. The van der Waals surface area contributed by atoms with E-state index in [9.17, 15) is 13.2 Å². The molecule has 1 aromatic heterocycles. The lowest BCUT2D eigenvalue weighted by Crippen LogP contribution is -2.49. The summed E-state index contributed by atoms with van der Waals surface area (Å²) >= 11 is 0. The van der Waals surface area contributed by atoms with E-state index >= 15 is 0 Å². The Hall–Kier alpha value is -2.46. The number of sulfone groups is 1. The van der Waals surface area contributed by atoms with Gasteiger partial charge in [-0.1, -0.05) is 24.9 Å². The minimum atomic E-state index is -3.34. The summed E-state index contributed by atoms with van der Waals surface area (Å²) in [5.74, 6) is 1.15. The van der Waals surface area contributed by atoms with Gasteiger partial charge in [0, 0.05) is 31.7 Å². The Morgan fingerprint density at radius 2 is 1.84 bits per heavy atom. The molecule has 10 heteroatoms. The highest BCUT2D eigenvalue weighted by atomic mass is 32.2. The van der Waals surface area contributed by atoms with Crippen molar-refractivity contribution in [1.82, 2.24) is 19.9 Å². The van der Waals surface area contributed by atoms with Crippen LogP contribution >= 0.6 is 0 Å². The summed E-state index contributed by atoms with van der Waals surface area (Å²) in [6, 6.07) is 7.42. The monoisotopic (exact) mass is 450 g/mol. The lowest BCUT2D eigenvalue weighted by Gasteiger charge is -2.33. The lowest BCUT2D eigenvalue weighted by atomic mass is 10.2. The molecule has 0 unspecified atom stereocenters. The van der Waals surface area contributed by atoms with Gasteiger partial charge in [0.2, 0.25) is 17.6 Å². The van der Waals surface area contributed by atoms with E-state index in [0.29, 0.717) is 50.9 Å². The van der Waals surface area contributed by atoms with Crippen LogP contribution in [-0.2, 0) is 21.2 Å². The van der Waals surface area contributed by atoms with E-state index in [0.717, 1.165) is 24.2 Å². The molecule has 2 heterocycles. The van der Waals surface area contributed by atoms with Crippen LogP contribution in [0.5, 0.6) is 5.75 Å². The second-order valence-corrected chi connectivity index (χ2v) is 9.88. The van der Waals surface area contributed by atoms with E-state index in [1.54, 1.807) is 12.0 Å². The fourth-order valence-corrected chi connectivity index (χ4v) is 4.79. The number of benzene rings is 1. The normalized spacial score (nSPS) is 15.2. The number of nitrogens with zero attached hydrogens (tertiary/aromatic N) is 4. The summed E-state index contributed by atoms with van der Waals surface area (Å²) in [6.45, 7) is 4.74. The molecule has 1 saturated heterocycles. The topological polar surface area (TPSA) is 106 Å². The highest BCUT2D eigenvalue weighted by Crippen LogP contribution is 2.20. The van der Waals surface area contributed by atoms with Crippen LogP contribution in [0.4, 0.5) is 0 Å². The molecule has 0 saturated carbocycles. The van der Waals surface area contributed by atoms with Crippen molar-refractivity contribution in [2.75, 3.05) is 44.8 Å². The van der Waals surface area contributed by atoms with E-state index in [1.807, 2.05) is 31.2 Å². The van der Waals surface area contributed by atoms with Gasteiger partial charge in [0.25, 0.3) is 0 Å². The molecule has 0 atom stereocenters. The van der Waals surface area contributed by atoms with Crippen LogP contribution in [-0.4, -0.2) is 79.1 Å². The predicted octanol–water partition coefficient (Wildman–Crippen LogP) is 1.99. The quantitative estimate of drug-likeness (QED) is 0.506. The van der Waals surface area contributed by atoms with Crippen LogP contribution in [0.3, 0.4) is 0 Å². The summed E-state index contributed by atoms with van der Waals surface area (Å²) < 4.78 is 34.8. The van der Waals surface area contributed by atoms with Gasteiger partial charge in [-0.3, -0.25) is 9.69 Å². The van der Waals surface area contributed by atoms with E-state index in [1.165, 1.54) is 0 Å². The zero-order chi connectivity index (χ0) is 22.3. The minimum Gasteiger partial charge on any atom is -0.497 e. The molecule has 1 amide bonds. The molecule has 3 rings (SSSR count). The number of methoxy groups -OCH3 is 1. The van der Waals surface area contributed by atoms with Crippen molar-refractivity contribution in [3.05, 3.63) is 30.2 Å². The maximum atomic E-state index is 12.4. The van der Waals surface area contributed by atoms with Crippen LogP contribution in [0.15, 0.2) is 28.8 Å². The molecule has 170 valence electrons. The Labute approximate surface area is 183 Å². The average Bonchev–Trinajstić information content (AvgIpc) is 3.22. The maximum absolute atomic E-state index is 12.4. The first-order chi connectivity index (χ1) is 14.9. The van der Waals surface area contributed by atoms with Gasteiger partial charge in [0.05, 0.1) is 19.4 Å². The molecular weight excluding hydrogens is 420 g/mol. The molecule has 1 aliphatic rings. The molecule has 1 fully saturated rings. The van der Waals surface area contributed by atoms with Gasteiger partial charge in [-0.2, -0.15) is 4.98 Å². The van der Waals surface area contributed by atoms with Gasteiger partial charge >= 0.3 is 0 Å². The summed E-state index contributed by atoms with van der Waals surface area (Å²) in [7, 11) is -1.73. The molecule has 0 radical (unpaired) electrons. The first-order valence-electron chi connectivity index (χ1n) is 10.6. The molecule has 0 aliphatic carbocycles. The van der Waals surface area contributed by atoms with Gasteiger partial charge in [-0.15, -0.1) is 0 Å². The van der Waals surface area contributed by atoms with E-state index in [4.69, 9.17) is 9.26 Å². The molecule has 0 N–H and O–H groups in total. The SMILES string of the molecule is CCCCCS(=O)(=O)CC(=O)N1CCN(Cc2nc(-c3ccc(OC)cc3)no2)CC1. The molecule has 1 aliphatic heterocycles. The van der Waals surface area contributed by atoms with Crippen LogP contribution < -0.4 is 4.74 Å². The van der Waals surface area contributed by atoms with E-state index in [-0.39, 0.29) is 11.7 Å². The number of aromatic nitrogens is 2. The van der Waals surface area contributed by atoms with Crippen molar-refractivity contribution < 1.29 is 22.5 Å². The fraction of sp³-hybridized carbons (Fsp3) is 0.571. The van der Waals surface area contributed by atoms with Crippen LogP contribution in [0.25, 0.3) is 11.4 Å². The highest BCUT2D eigenvalue weighted by molar-refractivity contribution is 7.92. The number of unbranched alkanes of at least 4 members (excludes halogenated alkanes) is 2. The van der Waals surface area contributed by atoms with Gasteiger partial charge in [0.15, 0.2) is 9.84 Å². The third-order valence-corrected chi connectivity index (χ3v) is 6.90.